The van der Waals surface area contributed by atoms with Crippen LogP contribution >= 0.6 is 0 Å². The van der Waals surface area contributed by atoms with Crippen molar-refractivity contribution in [3.8, 4) is 11.4 Å². The number of aromatic nitrogens is 2. The lowest BCUT2D eigenvalue weighted by molar-refractivity contribution is -0.672. The van der Waals surface area contributed by atoms with E-state index in [1.54, 1.807) is 48.5 Å². The monoisotopic (exact) mass is 363 g/mol. The van der Waals surface area contributed by atoms with Gasteiger partial charge in [0.2, 0.25) is 5.69 Å². The maximum atomic E-state index is 12.8. The standard InChI is InChI=1S/C19H13N3O5/c1-26-12-8-6-11(7-9-12)22-17(19(25)27-21-22)16(23)10-14-13-4-2-3-5-15(13)20-18(14)24/h2-10H,1H3,(H-,20,21,23,24,25). The summed E-state index contributed by atoms with van der Waals surface area (Å²) in [6, 6.07) is 13.5. The van der Waals surface area contributed by atoms with Gasteiger partial charge < -0.3 is 9.84 Å². The second kappa shape index (κ2) is 6.41. The van der Waals surface area contributed by atoms with E-state index in [1.807, 2.05) is 0 Å². The fourth-order valence-corrected chi connectivity index (χ4v) is 2.82. The normalized spacial score (nSPS) is 14.1. The Bertz CT molecular complexity index is 1150. The molecular weight excluding hydrogens is 350 g/mol. The van der Waals surface area contributed by atoms with Gasteiger partial charge in [-0.05, 0) is 39.6 Å². The van der Waals surface area contributed by atoms with Crippen molar-refractivity contribution in [1.29, 1.82) is 0 Å². The minimum atomic E-state index is -0.844. The van der Waals surface area contributed by atoms with Crippen molar-refractivity contribution in [2.24, 2.45) is 4.99 Å². The van der Waals surface area contributed by atoms with Crippen LogP contribution in [0.4, 0.5) is 5.69 Å². The van der Waals surface area contributed by atoms with Crippen molar-refractivity contribution < 1.29 is 23.8 Å². The zero-order valence-corrected chi connectivity index (χ0v) is 14.1. The Hall–Kier alpha value is -3.94. The molecule has 0 unspecified atom stereocenters. The van der Waals surface area contributed by atoms with Crippen molar-refractivity contribution in [2.75, 3.05) is 7.11 Å². The van der Waals surface area contributed by atoms with Crippen LogP contribution in [0.1, 0.15) is 16.1 Å². The summed E-state index contributed by atoms with van der Waals surface area (Å²) in [5.41, 5.74) is 0.564. The van der Waals surface area contributed by atoms with E-state index in [2.05, 4.69) is 10.3 Å². The predicted octanol–water partition coefficient (Wildman–Crippen LogP) is 0.923. The summed E-state index contributed by atoms with van der Waals surface area (Å²) in [4.78, 5) is 28.7. The van der Waals surface area contributed by atoms with E-state index in [0.717, 1.165) is 6.08 Å². The zero-order chi connectivity index (χ0) is 19.0. The number of methoxy groups -OCH3 is 1. The van der Waals surface area contributed by atoms with Crippen LogP contribution in [0, 0.1) is 0 Å². The lowest BCUT2D eigenvalue weighted by Gasteiger charge is -2.06. The molecule has 2 aromatic carbocycles. The number of fused-ring (bicyclic) bond motifs is 1. The van der Waals surface area contributed by atoms with Gasteiger partial charge in [-0.1, -0.05) is 18.2 Å². The van der Waals surface area contributed by atoms with E-state index in [0.29, 0.717) is 22.7 Å². The van der Waals surface area contributed by atoms with Crippen molar-refractivity contribution >= 4 is 22.9 Å². The summed E-state index contributed by atoms with van der Waals surface area (Å²) in [6.07, 6.45) is 1.11. The van der Waals surface area contributed by atoms with Gasteiger partial charge in [0.25, 0.3) is 5.78 Å². The van der Waals surface area contributed by atoms with Gasteiger partial charge in [0.15, 0.2) is 0 Å². The fraction of sp³-hybridized carbons (Fsp3) is 0.0526. The Morgan fingerprint density at radius 1 is 1.22 bits per heavy atom. The van der Waals surface area contributed by atoms with E-state index in [9.17, 15) is 14.7 Å². The molecular formula is C19H13N3O5. The lowest BCUT2D eigenvalue weighted by Crippen LogP contribution is -2.40. The van der Waals surface area contributed by atoms with E-state index in [1.165, 1.54) is 11.8 Å². The van der Waals surface area contributed by atoms with Gasteiger partial charge in [-0.2, -0.15) is 0 Å². The minimum Gasteiger partial charge on any atom is -0.858 e. The smallest absolute Gasteiger partial charge is 0.439 e. The molecule has 0 atom stereocenters. The average Bonchev–Trinajstić information content (AvgIpc) is 3.22. The van der Waals surface area contributed by atoms with E-state index in [-0.39, 0.29) is 11.3 Å². The minimum absolute atomic E-state index is 0.137. The highest BCUT2D eigenvalue weighted by molar-refractivity contribution is 6.28. The third-order valence-corrected chi connectivity index (χ3v) is 4.13. The second-order valence-electron chi connectivity index (χ2n) is 5.72. The molecule has 2 heterocycles. The molecule has 0 saturated heterocycles. The Morgan fingerprint density at radius 2 is 1.96 bits per heavy atom. The number of aromatic amines is 1. The molecule has 1 aliphatic rings. The van der Waals surface area contributed by atoms with Crippen LogP contribution in [0.15, 0.2) is 68.9 Å². The highest BCUT2D eigenvalue weighted by Gasteiger charge is 2.30. The molecule has 0 amide bonds. The number of aliphatic imine (C=N–C) groups is 1. The molecule has 0 bridgehead atoms. The van der Waals surface area contributed by atoms with E-state index >= 15 is 0 Å². The first-order chi connectivity index (χ1) is 13.1. The molecule has 1 aliphatic heterocycles. The molecule has 1 aromatic heterocycles. The number of ketones is 1. The molecule has 134 valence electrons. The van der Waals surface area contributed by atoms with Crippen molar-refractivity contribution in [2.45, 2.75) is 0 Å². The maximum Gasteiger partial charge on any atom is 0.439 e. The Kier molecular flexibility index (Phi) is 3.92. The molecule has 27 heavy (non-hydrogen) atoms. The number of benzene rings is 2. The molecule has 0 fully saturated rings. The molecule has 4 rings (SSSR count). The number of hydrogen-bond donors (Lipinski definition) is 1. The molecule has 8 heteroatoms. The Labute approximate surface area is 152 Å². The predicted molar refractivity (Wildman–Crippen MR) is 93.3 cm³/mol. The topological polar surface area (TPSA) is 112 Å². The van der Waals surface area contributed by atoms with Crippen molar-refractivity contribution in [3.63, 3.8) is 0 Å². The number of rotatable bonds is 4. The summed E-state index contributed by atoms with van der Waals surface area (Å²) < 4.78 is 11.1. The van der Waals surface area contributed by atoms with Crippen LogP contribution in [-0.4, -0.2) is 24.1 Å². The second-order valence-corrected chi connectivity index (χ2v) is 5.72. The summed E-state index contributed by atoms with van der Waals surface area (Å²) in [5, 5.41) is 14.5. The molecule has 0 radical (unpaired) electrons. The first kappa shape index (κ1) is 16.5. The van der Waals surface area contributed by atoms with Gasteiger partial charge in [-0.25, -0.2) is 4.79 Å². The number of hydrogen-bond acceptors (Lipinski definition) is 6. The van der Waals surface area contributed by atoms with Gasteiger partial charge in [0.1, 0.15) is 5.75 Å². The summed E-state index contributed by atoms with van der Waals surface area (Å²) in [5.74, 6) is -0.577. The van der Waals surface area contributed by atoms with Crippen LogP contribution in [0.3, 0.4) is 0 Å². The number of nitrogens with zero attached hydrogens (tertiary/aromatic N) is 2. The molecule has 8 nitrogen and oxygen atoms in total. The quantitative estimate of drug-likeness (QED) is 0.421. The fourth-order valence-electron chi connectivity index (χ4n) is 2.82. The third kappa shape index (κ3) is 2.82. The number of H-pyrrole nitrogens is 1. The Morgan fingerprint density at radius 3 is 2.70 bits per heavy atom. The average molecular weight is 363 g/mol. The number of para-hydroxylation sites is 1. The largest absolute Gasteiger partial charge is 0.858 e. The van der Waals surface area contributed by atoms with Crippen LogP contribution in [-0.2, 0) is 0 Å². The third-order valence-electron chi connectivity index (χ3n) is 4.13. The SMILES string of the molecule is COc1ccc(-[n+]2[nH]oc(=O)c2C(=O)/C=C2/C([O-])=Nc3ccccc32)cc1. The molecule has 0 aliphatic carbocycles. The molecule has 0 spiro atoms. The van der Waals surface area contributed by atoms with Crippen molar-refractivity contribution in [3.05, 3.63) is 76.3 Å². The highest BCUT2D eigenvalue weighted by Crippen LogP contribution is 2.32. The van der Waals surface area contributed by atoms with Crippen LogP contribution in [0.5, 0.6) is 5.75 Å². The lowest BCUT2D eigenvalue weighted by atomic mass is 10.0. The molecule has 1 N–H and O–H groups in total. The number of nitrogens with one attached hydrogen (secondary N) is 1. The number of ether oxygens (including phenoxy) is 1. The molecule has 3 aromatic rings. The van der Waals surface area contributed by atoms with Gasteiger partial charge >= 0.3 is 11.3 Å². The van der Waals surface area contributed by atoms with Gasteiger partial charge in [-0.3, -0.25) is 14.3 Å². The number of carbonyl (C=O) groups is 1. The summed E-state index contributed by atoms with van der Waals surface area (Å²) in [7, 11) is 1.53. The number of allylic oxidation sites excluding steroid dienone is 1. The zero-order valence-electron chi connectivity index (χ0n) is 14.1. The van der Waals surface area contributed by atoms with Gasteiger partial charge in [0, 0.05) is 23.8 Å². The van der Waals surface area contributed by atoms with E-state index < -0.39 is 17.3 Å². The van der Waals surface area contributed by atoms with Crippen molar-refractivity contribution in [1.82, 2.24) is 5.27 Å². The first-order valence-corrected chi connectivity index (χ1v) is 7.98. The van der Waals surface area contributed by atoms with Crippen LogP contribution < -0.4 is 20.2 Å². The number of carbonyl (C=O) groups excluding carboxylic acids is 1. The van der Waals surface area contributed by atoms with Crippen LogP contribution in [0.2, 0.25) is 0 Å². The summed E-state index contributed by atoms with van der Waals surface area (Å²) in [6.45, 7) is 0. The summed E-state index contributed by atoms with van der Waals surface area (Å²) >= 11 is 0. The Balaban J connectivity index is 1.76. The maximum absolute atomic E-state index is 12.8. The highest BCUT2D eigenvalue weighted by atomic mass is 16.5. The van der Waals surface area contributed by atoms with Gasteiger partial charge in [0.05, 0.1) is 12.8 Å². The molecule has 0 saturated carbocycles. The van der Waals surface area contributed by atoms with E-state index in [4.69, 9.17) is 9.26 Å². The van der Waals surface area contributed by atoms with Crippen LogP contribution in [0.25, 0.3) is 11.3 Å². The first-order valence-electron chi connectivity index (χ1n) is 7.98. The van der Waals surface area contributed by atoms with Gasteiger partial charge in [-0.15, -0.1) is 0 Å².